The Bertz CT molecular complexity index is 399. The molecule has 0 unspecified atom stereocenters. The van der Waals surface area contributed by atoms with Gasteiger partial charge in [0, 0.05) is 5.88 Å². The van der Waals surface area contributed by atoms with Gasteiger partial charge in [-0.15, -0.1) is 11.6 Å². The lowest BCUT2D eigenvalue weighted by Gasteiger charge is -2.13. The molecule has 0 saturated carbocycles. The van der Waals surface area contributed by atoms with Crippen LogP contribution in [0.3, 0.4) is 0 Å². The number of methoxy groups -OCH3 is 1. The van der Waals surface area contributed by atoms with Crippen LogP contribution in [0.5, 0.6) is 5.75 Å². The second kappa shape index (κ2) is 4.78. The van der Waals surface area contributed by atoms with Crippen molar-refractivity contribution in [3.05, 3.63) is 35.9 Å². The van der Waals surface area contributed by atoms with E-state index in [1.165, 1.54) is 19.2 Å². The number of alkyl halides is 4. The maximum Gasteiger partial charge on any atom is 0.419 e. The quantitative estimate of drug-likeness (QED) is 0.738. The largest absolute Gasteiger partial charge is 0.496 e. The summed E-state index contributed by atoms with van der Waals surface area (Å²) in [6, 6.07) is 3.75. The maximum atomic E-state index is 12.6. The maximum absolute atomic E-state index is 12.6. The van der Waals surface area contributed by atoms with Crippen LogP contribution in [0.2, 0.25) is 0 Å². The van der Waals surface area contributed by atoms with Gasteiger partial charge < -0.3 is 4.74 Å². The van der Waals surface area contributed by atoms with Crippen LogP contribution in [0, 0.1) is 0 Å². The van der Waals surface area contributed by atoms with E-state index in [-0.39, 0.29) is 11.6 Å². The summed E-state index contributed by atoms with van der Waals surface area (Å²) in [4.78, 5) is 0. The van der Waals surface area contributed by atoms with Crippen LogP contribution < -0.4 is 4.74 Å². The molecule has 1 aromatic rings. The van der Waals surface area contributed by atoms with Crippen molar-refractivity contribution in [2.45, 2.75) is 6.18 Å². The molecule has 0 N–H and O–H groups in total. The van der Waals surface area contributed by atoms with E-state index in [0.717, 1.165) is 6.07 Å². The lowest BCUT2D eigenvalue weighted by molar-refractivity contribution is -0.138. The number of hydrogen-bond donors (Lipinski definition) is 0. The lowest BCUT2D eigenvalue weighted by atomic mass is 10.0. The van der Waals surface area contributed by atoms with Gasteiger partial charge in [0.25, 0.3) is 0 Å². The Morgan fingerprint density at radius 3 is 2.50 bits per heavy atom. The van der Waals surface area contributed by atoms with Gasteiger partial charge in [-0.2, -0.15) is 13.2 Å². The molecule has 1 nitrogen and oxygen atoms in total. The minimum absolute atomic E-state index is 0.0869. The Kier molecular flexibility index (Phi) is 3.86. The second-order valence-corrected chi connectivity index (χ2v) is 3.42. The average Bonchev–Trinajstić information content (AvgIpc) is 2.26. The number of halogens is 4. The van der Waals surface area contributed by atoms with Gasteiger partial charge in [0.1, 0.15) is 5.75 Å². The second-order valence-electron chi connectivity index (χ2n) is 3.15. The predicted octanol–water partition coefficient (Wildman–Crippen LogP) is 3.97. The molecule has 0 heterocycles. The number of hydrogen-bond acceptors (Lipinski definition) is 1. The van der Waals surface area contributed by atoms with Crippen LogP contribution in [-0.4, -0.2) is 13.0 Å². The molecule has 5 heteroatoms. The zero-order chi connectivity index (χ0) is 12.3. The Morgan fingerprint density at radius 1 is 1.44 bits per heavy atom. The van der Waals surface area contributed by atoms with Gasteiger partial charge in [-0.3, -0.25) is 0 Å². The van der Waals surface area contributed by atoms with Gasteiger partial charge >= 0.3 is 6.18 Å². The molecule has 0 aliphatic heterocycles. The van der Waals surface area contributed by atoms with Crippen molar-refractivity contribution in [1.82, 2.24) is 0 Å². The average molecular weight is 251 g/mol. The van der Waals surface area contributed by atoms with E-state index in [1.54, 1.807) is 0 Å². The molecule has 0 atom stereocenters. The van der Waals surface area contributed by atoms with E-state index in [2.05, 4.69) is 11.3 Å². The molecule has 0 amide bonds. The van der Waals surface area contributed by atoms with Crippen molar-refractivity contribution in [3.8, 4) is 5.75 Å². The van der Waals surface area contributed by atoms with E-state index < -0.39 is 11.7 Å². The fourth-order valence-corrected chi connectivity index (χ4v) is 1.38. The number of rotatable bonds is 3. The minimum Gasteiger partial charge on any atom is -0.496 e. The Morgan fingerprint density at radius 2 is 2.06 bits per heavy atom. The third-order valence-corrected chi connectivity index (χ3v) is 2.40. The molecular formula is C11H10ClF3O. The highest BCUT2D eigenvalue weighted by atomic mass is 35.5. The van der Waals surface area contributed by atoms with Crippen LogP contribution in [0.15, 0.2) is 24.8 Å². The molecule has 1 aromatic carbocycles. The first-order valence-corrected chi connectivity index (χ1v) is 4.93. The van der Waals surface area contributed by atoms with Crippen molar-refractivity contribution in [1.29, 1.82) is 0 Å². The number of ether oxygens (including phenoxy) is 1. The predicted molar refractivity (Wildman–Crippen MR) is 57.8 cm³/mol. The molecule has 0 aliphatic rings. The molecule has 0 radical (unpaired) electrons. The van der Waals surface area contributed by atoms with E-state index in [1.807, 2.05) is 0 Å². The lowest BCUT2D eigenvalue weighted by Crippen LogP contribution is -2.08. The summed E-state index contributed by atoms with van der Waals surface area (Å²) in [5, 5.41) is 0. The SMILES string of the molecule is C=C(CCl)c1ccc(OC)c(C(F)(F)F)c1. The van der Waals surface area contributed by atoms with E-state index >= 15 is 0 Å². The zero-order valence-corrected chi connectivity index (χ0v) is 9.32. The molecule has 0 aliphatic carbocycles. The van der Waals surface area contributed by atoms with Crippen LogP contribution >= 0.6 is 11.6 Å². The van der Waals surface area contributed by atoms with Crippen molar-refractivity contribution in [2.75, 3.05) is 13.0 Å². The third kappa shape index (κ3) is 2.70. The van der Waals surface area contributed by atoms with Crippen molar-refractivity contribution in [3.63, 3.8) is 0 Å². The Labute approximate surface area is 96.5 Å². The molecule has 1 rings (SSSR count). The first-order chi connectivity index (χ1) is 7.40. The van der Waals surface area contributed by atoms with Crippen molar-refractivity contribution in [2.24, 2.45) is 0 Å². The molecule has 0 aromatic heterocycles. The van der Waals surface area contributed by atoms with Crippen LogP contribution in [0.4, 0.5) is 13.2 Å². The summed E-state index contributed by atoms with van der Waals surface area (Å²) in [5.41, 5.74) is -0.0169. The van der Waals surface area contributed by atoms with Gasteiger partial charge in [-0.1, -0.05) is 12.6 Å². The van der Waals surface area contributed by atoms with Gasteiger partial charge in [0.05, 0.1) is 12.7 Å². The van der Waals surface area contributed by atoms with Gasteiger partial charge in [0.2, 0.25) is 0 Å². The highest BCUT2D eigenvalue weighted by Gasteiger charge is 2.34. The first-order valence-electron chi connectivity index (χ1n) is 4.39. The Hall–Kier alpha value is -1.16. The fourth-order valence-electron chi connectivity index (χ4n) is 1.23. The number of benzene rings is 1. The highest BCUT2D eigenvalue weighted by molar-refractivity contribution is 6.23. The first kappa shape index (κ1) is 12.9. The summed E-state index contributed by atoms with van der Waals surface area (Å²) in [5.74, 6) is -0.123. The smallest absolute Gasteiger partial charge is 0.419 e. The van der Waals surface area contributed by atoms with E-state index in [4.69, 9.17) is 11.6 Å². The van der Waals surface area contributed by atoms with Crippen molar-refractivity contribution < 1.29 is 17.9 Å². The highest BCUT2D eigenvalue weighted by Crippen LogP contribution is 2.37. The fraction of sp³-hybridized carbons (Fsp3) is 0.273. The van der Waals surface area contributed by atoms with Gasteiger partial charge in [-0.25, -0.2) is 0 Å². The molecular weight excluding hydrogens is 241 g/mol. The normalized spacial score (nSPS) is 11.3. The minimum atomic E-state index is -4.45. The molecule has 0 bridgehead atoms. The molecule has 0 spiro atoms. The summed E-state index contributed by atoms with van der Waals surface area (Å²) in [6.07, 6.45) is -4.45. The molecule has 0 fully saturated rings. The van der Waals surface area contributed by atoms with Crippen LogP contribution in [0.25, 0.3) is 5.57 Å². The molecule has 88 valence electrons. The summed E-state index contributed by atoms with van der Waals surface area (Å²) in [6.45, 7) is 3.58. The molecule has 16 heavy (non-hydrogen) atoms. The number of allylic oxidation sites excluding steroid dienone is 1. The van der Waals surface area contributed by atoms with Crippen molar-refractivity contribution >= 4 is 17.2 Å². The zero-order valence-electron chi connectivity index (χ0n) is 8.57. The van der Waals surface area contributed by atoms with Gasteiger partial charge in [-0.05, 0) is 23.3 Å². The van der Waals surface area contributed by atoms with Crippen LogP contribution in [0.1, 0.15) is 11.1 Å². The van der Waals surface area contributed by atoms with Crippen LogP contribution in [-0.2, 0) is 6.18 Å². The third-order valence-electron chi connectivity index (χ3n) is 2.07. The van der Waals surface area contributed by atoms with Gasteiger partial charge in [0.15, 0.2) is 0 Å². The topological polar surface area (TPSA) is 9.23 Å². The summed E-state index contributed by atoms with van der Waals surface area (Å²) in [7, 11) is 1.20. The summed E-state index contributed by atoms with van der Waals surface area (Å²) < 4.78 is 42.6. The standard InChI is InChI=1S/C11H10ClF3O/c1-7(6-12)8-3-4-10(16-2)9(5-8)11(13,14)15/h3-5H,1,6H2,2H3. The van der Waals surface area contributed by atoms with E-state index in [0.29, 0.717) is 11.1 Å². The molecule has 0 saturated heterocycles. The monoisotopic (exact) mass is 250 g/mol. The summed E-state index contributed by atoms with van der Waals surface area (Å²) >= 11 is 5.51. The van der Waals surface area contributed by atoms with E-state index in [9.17, 15) is 13.2 Å². The Balaban J connectivity index is 3.27.